The van der Waals surface area contributed by atoms with Gasteiger partial charge >= 0.3 is 0 Å². The lowest BCUT2D eigenvalue weighted by atomic mass is 10.2. The molecule has 0 aliphatic carbocycles. The summed E-state index contributed by atoms with van der Waals surface area (Å²) in [6.07, 6.45) is 0. The third-order valence-electron chi connectivity index (χ3n) is 2.79. The SMILES string of the molecule is Fc1ccc(CSc2nnc(-c3ccccc3F)o2)cc1. The first-order valence-corrected chi connectivity index (χ1v) is 7.16. The predicted molar refractivity (Wildman–Crippen MR) is 75.7 cm³/mol. The molecule has 2 aromatic carbocycles. The van der Waals surface area contributed by atoms with E-state index in [2.05, 4.69) is 10.2 Å². The zero-order valence-corrected chi connectivity index (χ0v) is 11.6. The molecule has 0 saturated heterocycles. The van der Waals surface area contributed by atoms with Gasteiger partial charge in [0.15, 0.2) is 0 Å². The van der Waals surface area contributed by atoms with Crippen LogP contribution in [-0.4, -0.2) is 10.2 Å². The molecule has 3 nitrogen and oxygen atoms in total. The van der Waals surface area contributed by atoms with E-state index in [4.69, 9.17) is 4.42 Å². The fourth-order valence-electron chi connectivity index (χ4n) is 1.74. The Morgan fingerprint density at radius 1 is 0.952 bits per heavy atom. The summed E-state index contributed by atoms with van der Waals surface area (Å²) >= 11 is 1.32. The second kappa shape index (κ2) is 6.05. The van der Waals surface area contributed by atoms with E-state index in [-0.39, 0.29) is 17.3 Å². The highest BCUT2D eigenvalue weighted by molar-refractivity contribution is 7.98. The molecule has 106 valence electrons. The first-order valence-electron chi connectivity index (χ1n) is 6.18. The van der Waals surface area contributed by atoms with Gasteiger partial charge in [-0.25, -0.2) is 8.78 Å². The smallest absolute Gasteiger partial charge is 0.277 e. The van der Waals surface area contributed by atoms with E-state index in [1.165, 1.54) is 30.0 Å². The third-order valence-corrected chi connectivity index (χ3v) is 3.68. The molecular weight excluding hydrogens is 294 g/mol. The minimum atomic E-state index is -0.406. The van der Waals surface area contributed by atoms with Gasteiger partial charge in [-0.05, 0) is 29.8 Å². The summed E-state index contributed by atoms with van der Waals surface area (Å²) in [5, 5.41) is 8.05. The van der Waals surface area contributed by atoms with Gasteiger partial charge in [0.05, 0.1) is 5.56 Å². The molecule has 1 aromatic heterocycles. The maximum atomic E-state index is 13.6. The highest BCUT2D eigenvalue weighted by Gasteiger charge is 2.12. The topological polar surface area (TPSA) is 38.9 Å². The van der Waals surface area contributed by atoms with Crippen LogP contribution in [0.25, 0.3) is 11.5 Å². The van der Waals surface area contributed by atoms with E-state index in [0.29, 0.717) is 11.0 Å². The Hall–Kier alpha value is -2.21. The summed E-state index contributed by atoms with van der Waals surface area (Å²) in [5.74, 6) is 0.0356. The minimum Gasteiger partial charge on any atom is -0.411 e. The number of aromatic nitrogens is 2. The molecule has 0 unspecified atom stereocenters. The van der Waals surface area contributed by atoms with Crippen molar-refractivity contribution in [1.82, 2.24) is 10.2 Å². The number of thioether (sulfide) groups is 1. The molecule has 3 aromatic rings. The lowest BCUT2D eigenvalue weighted by Crippen LogP contribution is -1.82. The average molecular weight is 304 g/mol. The van der Waals surface area contributed by atoms with E-state index in [9.17, 15) is 8.78 Å². The number of halogens is 2. The van der Waals surface area contributed by atoms with Gasteiger partial charge in [0.1, 0.15) is 11.6 Å². The molecule has 21 heavy (non-hydrogen) atoms. The molecule has 0 amide bonds. The predicted octanol–water partition coefficient (Wildman–Crippen LogP) is 4.31. The zero-order valence-electron chi connectivity index (χ0n) is 10.8. The fraction of sp³-hybridized carbons (Fsp3) is 0.0667. The molecule has 0 spiro atoms. The van der Waals surface area contributed by atoms with Gasteiger partial charge in [-0.2, -0.15) is 0 Å². The van der Waals surface area contributed by atoms with Crippen molar-refractivity contribution in [2.45, 2.75) is 11.0 Å². The van der Waals surface area contributed by atoms with Gasteiger partial charge < -0.3 is 4.42 Å². The molecule has 0 saturated carbocycles. The minimum absolute atomic E-state index is 0.148. The van der Waals surface area contributed by atoms with Crippen LogP contribution in [0.1, 0.15) is 5.56 Å². The molecular formula is C15H10F2N2OS. The standard InChI is InChI=1S/C15H10F2N2OS/c16-11-7-5-10(6-8-11)9-21-15-19-18-14(20-15)12-3-1-2-4-13(12)17/h1-8H,9H2. The van der Waals surface area contributed by atoms with Crippen molar-refractivity contribution in [3.8, 4) is 11.5 Å². The Balaban J connectivity index is 1.71. The van der Waals surface area contributed by atoms with Gasteiger partial charge in [0, 0.05) is 5.75 Å². The van der Waals surface area contributed by atoms with Crippen LogP contribution >= 0.6 is 11.8 Å². The first-order chi connectivity index (χ1) is 10.2. The van der Waals surface area contributed by atoms with Crippen LogP contribution in [0.5, 0.6) is 0 Å². The maximum absolute atomic E-state index is 13.6. The monoisotopic (exact) mass is 304 g/mol. The molecule has 0 aliphatic heterocycles. The van der Waals surface area contributed by atoms with Crippen molar-refractivity contribution in [3.63, 3.8) is 0 Å². The van der Waals surface area contributed by atoms with Crippen LogP contribution in [0.3, 0.4) is 0 Å². The van der Waals surface area contributed by atoms with Crippen molar-refractivity contribution in [2.24, 2.45) is 0 Å². The van der Waals surface area contributed by atoms with Crippen LogP contribution in [0.15, 0.2) is 58.2 Å². The van der Waals surface area contributed by atoms with Crippen molar-refractivity contribution in [1.29, 1.82) is 0 Å². The number of benzene rings is 2. The second-order valence-corrected chi connectivity index (χ2v) is 5.19. The van der Waals surface area contributed by atoms with Gasteiger partial charge in [-0.15, -0.1) is 10.2 Å². The summed E-state index contributed by atoms with van der Waals surface area (Å²) in [7, 11) is 0. The molecule has 0 fully saturated rings. The van der Waals surface area contributed by atoms with Crippen LogP contribution in [0.4, 0.5) is 8.78 Å². The van der Waals surface area contributed by atoms with Crippen LogP contribution < -0.4 is 0 Å². The van der Waals surface area contributed by atoms with E-state index in [1.807, 2.05) is 0 Å². The summed E-state index contributed by atoms with van der Waals surface area (Å²) in [6.45, 7) is 0. The molecule has 0 N–H and O–H groups in total. The molecule has 6 heteroatoms. The van der Waals surface area contributed by atoms with Crippen LogP contribution in [0.2, 0.25) is 0 Å². The summed E-state index contributed by atoms with van der Waals surface area (Å²) < 4.78 is 31.8. The van der Waals surface area contributed by atoms with E-state index in [0.717, 1.165) is 5.56 Å². The summed E-state index contributed by atoms with van der Waals surface area (Å²) in [5.41, 5.74) is 1.21. The Kier molecular flexibility index (Phi) is 3.96. The normalized spacial score (nSPS) is 10.8. The zero-order chi connectivity index (χ0) is 14.7. The second-order valence-electron chi connectivity index (χ2n) is 4.27. The van der Waals surface area contributed by atoms with Crippen molar-refractivity contribution < 1.29 is 13.2 Å². The van der Waals surface area contributed by atoms with Gasteiger partial charge in [-0.3, -0.25) is 0 Å². The number of rotatable bonds is 4. The largest absolute Gasteiger partial charge is 0.411 e. The molecule has 0 atom stereocenters. The van der Waals surface area contributed by atoms with E-state index < -0.39 is 5.82 Å². The molecule has 3 rings (SSSR count). The van der Waals surface area contributed by atoms with E-state index >= 15 is 0 Å². The Labute approximate surface area is 124 Å². The first kappa shape index (κ1) is 13.8. The lowest BCUT2D eigenvalue weighted by molar-refractivity contribution is 0.463. The third kappa shape index (κ3) is 3.28. The van der Waals surface area contributed by atoms with Crippen LogP contribution in [0, 0.1) is 11.6 Å². The Morgan fingerprint density at radius 3 is 2.48 bits per heavy atom. The highest BCUT2D eigenvalue weighted by Crippen LogP contribution is 2.26. The molecule has 0 aliphatic rings. The molecule has 0 radical (unpaired) electrons. The fourth-order valence-corrected chi connectivity index (χ4v) is 2.46. The van der Waals surface area contributed by atoms with Crippen molar-refractivity contribution in [3.05, 3.63) is 65.7 Å². The average Bonchev–Trinajstić information content (AvgIpc) is 2.96. The number of hydrogen-bond acceptors (Lipinski definition) is 4. The number of nitrogens with zero attached hydrogens (tertiary/aromatic N) is 2. The number of hydrogen-bond donors (Lipinski definition) is 0. The molecule has 0 bridgehead atoms. The van der Waals surface area contributed by atoms with Crippen molar-refractivity contribution in [2.75, 3.05) is 0 Å². The van der Waals surface area contributed by atoms with Crippen LogP contribution in [-0.2, 0) is 5.75 Å². The summed E-state index contributed by atoms with van der Waals surface area (Å²) in [6, 6.07) is 12.4. The van der Waals surface area contributed by atoms with Gasteiger partial charge in [-0.1, -0.05) is 36.0 Å². The maximum Gasteiger partial charge on any atom is 0.277 e. The van der Waals surface area contributed by atoms with Crippen molar-refractivity contribution >= 4 is 11.8 Å². The van der Waals surface area contributed by atoms with Gasteiger partial charge in [0.25, 0.3) is 11.1 Å². The van der Waals surface area contributed by atoms with E-state index in [1.54, 1.807) is 30.3 Å². The highest BCUT2D eigenvalue weighted by atomic mass is 32.2. The quantitative estimate of drug-likeness (QED) is 0.673. The Morgan fingerprint density at radius 2 is 1.71 bits per heavy atom. The van der Waals surface area contributed by atoms with Gasteiger partial charge in [0.2, 0.25) is 0 Å². The lowest BCUT2D eigenvalue weighted by Gasteiger charge is -1.98. The molecule has 1 heterocycles. The Bertz CT molecular complexity index is 743. The summed E-state index contributed by atoms with van der Waals surface area (Å²) in [4.78, 5) is 0.